The molecule has 0 saturated carbocycles. The molecule has 2 N–H and O–H groups in total. The van der Waals surface area contributed by atoms with Gasteiger partial charge in [-0.05, 0) is 50.9 Å². The number of hydrogen-bond donors (Lipinski definition) is 2. The first kappa shape index (κ1) is 15.8. The van der Waals surface area contributed by atoms with Crippen LogP contribution in [0.1, 0.15) is 37.0 Å². The maximum atomic E-state index is 12.3. The van der Waals surface area contributed by atoms with Gasteiger partial charge < -0.3 is 15.5 Å². The molecule has 1 fully saturated rings. The van der Waals surface area contributed by atoms with Crippen LogP contribution < -0.4 is 10.6 Å². The SMILES string of the molecule is CCNc1ccccc1C(=O)NCC(C)CN1CCCC1. The molecule has 0 aliphatic carbocycles. The third kappa shape index (κ3) is 4.74. The predicted molar refractivity (Wildman–Crippen MR) is 87.8 cm³/mol. The van der Waals surface area contributed by atoms with Crippen LogP contribution in [0.4, 0.5) is 5.69 Å². The fraction of sp³-hybridized carbons (Fsp3) is 0.588. The summed E-state index contributed by atoms with van der Waals surface area (Å²) in [6.07, 6.45) is 2.63. The molecule has 1 atom stereocenters. The summed E-state index contributed by atoms with van der Waals surface area (Å²) in [5.74, 6) is 0.498. The van der Waals surface area contributed by atoms with Crippen molar-refractivity contribution >= 4 is 11.6 Å². The van der Waals surface area contributed by atoms with Crippen molar-refractivity contribution in [2.24, 2.45) is 5.92 Å². The van der Waals surface area contributed by atoms with Crippen molar-refractivity contribution in [3.8, 4) is 0 Å². The summed E-state index contributed by atoms with van der Waals surface area (Å²) in [6.45, 7) is 9.28. The second-order valence-electron chi connectivity index (χ2n) is 5.90. The van der Waals surface area contributed by atoms with Gasteiger partial charge in [-0.1, -0.05) is 19.1 Å². The maximum Gasteiger partial charge on any atom is 0.253 e. The Kier molecular flexibility index (Phi) is 6.05. The number of benzene rings is 1. The van der Waals surface area contributed by atoms with Crippen molar-refractivity contribution in [3.63, 3.8) is 0 Å². The van der Waals surface area contributed by atoms with Crippen LogP contribution >= 0.6 is 0 Å². The zero-order chi connectivity index (χ0) is 15.1. The van der Waals surface area contributed by atoms with Crippen LogP contribution in [0, 0.1) is 5.92 Å². The quantitative estimate of drug-likeness (QED) is 0.811. The van der Waals surface area contributed by atoms with Crippen LogP contribution in [-0.2, 0) is 0 Å². The molecule has 1 aromatic carbocycles. The fourth-order valence-corrected chi connectivity index (χ4v) is 2.86. The highest BCUT2D eigenvalue weighted by Gasteiger charge is 2.16. The van der Waals surface area contributed by atoms with Gasteiger partial charge in [0.15, 0.2) is 0 Å². The topological polar surface area (TPSA) is 44.4 Å². The normalized spacial score (nSPS) is 16.7. The van der Waals surface area contributed by atoms with Crippen molar-refractivity contribution in [2.75, 3.05) is 38.0 Å². The number of para-hydroxylation sites is 1. The molecule has 1 saturated heterocycles. The number of nitrogens with zero attached hydrogens (tertiary/aromatic N) is 1. The molecule has 21 heavy (non-hydrogen) atoms. The third-order valence-electron chi connectivity index (χ3n) is 3.92. The molecule has 0 aromatic heterocycles. The summed E-state index contributed by atoms with van der Waals surface area (Å²) >= 11 is 0. The molecule has 1 amide bonds. The molecule has 116 valence electrons. The predicted octanol–water partition coefficient (Wildman–Crippen LogP) is 2.58. The van der Waals surface area contributed by atoms with E-state index in [2.05, 4.69) is 22.5 Å². The summed E-state index contributed by atoms with van der Waals surface area (Å²) < 4.78 is 0. The standard InChI is InChI=1S/C17H27N3O/c1-3-18-16-9-5-4-8-15(16)17(21)19-12-14(2)13-20-10-6-7-11-20/h4-5,8-9,14,18H,3,6-7,10-13H2,1-2H3,(H,19,21). The summed E-state index contributed by atoms with van der Waals surface area (Å²) in [7, 11) is 0. The van der Waals surface area contributed by atoms with Gasteiger partial charge in [-0.3, -0.25) is 4.79 Å². The number of anilines is 1. The van der Waals surface area contributed by atoms with Gasteiger partial charge in [0.25, 0.3) is 5.91 Å². The van der Waals surface area contributed by atoms with E-state index in [1.165, 1.54) is 25.9 Å². The molecule has 2 rings (SSSR count). The van der Waals surface area contributed by atoms with Crippen LogP contribution in [0.5, 0.6) is 0 Å². The first-order chi connectivity index (χ1) is 10.2. The van der Waals surface area contributed by atoms with Gasteiger partial charge in [0.2, 0.25) is 0 Å². The second-order valence-corrected chi connectivity index (χ2v) is 5.90. The van der Waals surface area contributed by atoms with Gasteiger partial charge in [-0.25, -0.2) is 0 Å². The van der Waals surface area contributed by atoms with E-state index in [1.54, 1.807) is 0 Å². The highest BCUT2D eigenvalue weighted by atomic mass is 16.1. The molecule has 4 heteroatoms. The number of amides is 1. The van der Waals surface area contributed by atoms with E-state index in [0.717, 1.165) is 30.9 Å². The molecule has 1 aromatic rings. The number of rotatable bonds is 7. The molecule has 0 bridgehead atoms. The summed E-state index contributed by atoms with van der Waals surface area (Å²) in [5.41, 5.74) is 1.64. The van der Waals surface area contributed by atoms with Gasteiger partial charge >= 0.3 is 0 Å². The van der Waals surface area contributed by atoms with Crippen LogP contribution in [0.15, 0.2) is 24.3 Å². The second kappa shape index (κ2) is 8.03. The van der Waals surface area contributed by atoms with Gasteiger partial charge in [0.1, 0.15) is 0 Å². The Labute approximate surface area is 127 Å². The average Bonchev–Trinajstić information content (AvgIpc) is 2.98. The van der Waals surface area contributed by atoms with Crippen molar-refractivity contribution in [1.82, 2.24) is 10.2 Å². The minimum Gasteiger partial charge on any atom is -0.385 e. The number of carbonyl (C=O) groups excluding carboxylic acids is 1. The van der Waals surface area contributed by atoms with Crippen LogP contribution in [-0.4, -0.2) is 43.5 Å². The van der Waals surface area contributed by atoms with Crippen molar-refractivity contribution in [3.05, 3.63) is 29.8 Å². The third-order valence-corrected chi connectivity index (χ3v) is 3.92. The van der Waals surface area contributed by atoms with Crippen LogP contribution in [0.3, 0.4) is 0 Å². The van der Waals surface area contributed by atoms with Gasteiger partial charge in [-0.15, -0.1) is 0 Å². The Balaban J connectivity index is 1.83. The Bertz CT molecular complexity index is 455. The Morgan fingerprint density at radius 1 is 1.29 bits per heavy atom. The summed E-state index contributed by atoms with van der Waals surface area (Å²) in [6, 6.07) is 7.68. The lowest BCUT2D eigenvalue weighted by atomic mass is 10.1. The monoisotopic (exact) mass is 289 g/mol. The zero-order valence-electron chi connectivity index (χ0n) is 13.2. The number of likely N-dealkylation sites (tertiary alicyclic amines) is 1. The molecule has 1 aliphatic rings. The molecular weight excluding hydrogens is 262 g/mol. The Hall–Kier alpha value is -1.55. The van der Waals surface area contributed by atoms with E-state index in [4.69, 9.17) is 0 Å². The van der Waals surface area contributed by atoms with Crippen LogP contribution in [0.2, 0.25) is 0 Å². The lowest BCUT2D eigenvalue weighted by Crippen LogP contribution is -2.34. The highest BCUT2D eigenvalue weighted by molar-refractivity contribution is 5.99. The molecule has 1 unspecified atom stereocenters. The Morgan fingerprint density at radius 2 is 2.00 bits per heavy atom. The highest BCUT2D eigenvalue weighted by Crippen LogP contribution is 2.15. The van der Waals surface area contributed by atoms with Crippen LogP contribution in [0.25, 0.3) is 0 Å². The number of nitrogens with one attached hydrogen (secondary N) is 2. The van der Waals surface area contributed by atoms with E-state index < -0.39 is 0 Å². The maximum absolute atomic E-state index is 12.3. The smallest absolute Gasteiger partial charge is 0.253 e. The molecule has 1 heterocycles. The minimum absolute atomic E-state index is 0.0137. The van der Waals surface area contributed by atoms with Gasteiger partial charge in [-0.2, -0.15) is 0 Å². The van der Waals surface area contributed by atoms with Crippen molar-refractivity contribution < 1.29 is 4.79 Å². The average molecular weight is 289 g/mol. The first-order valence-electron chi connectivity index (χ1n) is 8.04. The molecule has 0 spiro atoms. The largest absolute Gasteiger partial charge is 0.385 e. The molecule has 0 radical (unpaired) electrons. The number of hydrogen-bond acceptors (Lipinski definition) is 3. The minimum atomic E-state index is 0.0137. The van der Waals surface area contributed by atoms with E-state index >= 15 is 0 Å². The zero-order valence-corrected chi connectivity index (χ0v) is 13.2. The lowest BCUT2D eigenvalue weighted by Gasteiger charge is -2.20. The molecule has 4 nitrogen and oxygen atoms in total. The molecular formula is C17H27N3O. The van der Waals surface area contributed by atoms with Gasteiger partial charge in [0, 0.05) is 25.3 Å². The number of carbonyl (C=O) groups is 1. The Morgan fingerprint density at radius 3 is 2.71 bits per heavy atom. The first-order valence-corrected chi connectivity index (χ1v) is 8.04. The van der Waals surface area contributed by atoms with E-state index in [9.17, 15) is 4.79 Å². The molecule has 1 aliphatic heterocycles. The lowest BCUT2D eigenvalue weighted by molar-refractivity contribution is 0.0946. The van der Waals surface area contributed by atoms with E-state index in [0.29, 0.717) is 5.92 Å². The van der Waals surface area contributed by atoms with Gasteiger partial charge in [0.05, 0.1) is 5.56 Å². The van der Waals surface area contributed by atoms with Crippen molar-refractivity contribution in [2.45, 2.75) is 26.7 Å². The fourth-order valence-electron chi connectivity index (χ4n) is 2.86. The van der Waals surface area contributed by atoms with Crippen molar-refractivity contribution in [1.29, 1.82) is 0 Å². The van der Waals surface area contributed by atoms with E-state index in [-0.39, 0.29) is 5.91 Å². The van der Waals surface area contributed by atoms with E-state index in [1.807, 2.05) is 31.2 Å². The summed E-state index contributed by atoms with van der Waals surface area (Å²) in [5, 5.41) is 6.30. The summed E-state index contributed by atoms with van der Waals surface area (Å²) in [4.78, 5) is 14.8.